The van der Waals surface area contributed by atoms with Gasteiger partial charge < -0.3 is 30.5 Å². The fourth-order valence-electron chi connectivity index (χ4n) is 3.72. The number of nitrogens with one attached hydrogen (secondary N) is 1. The fraction of sp³-hybridized carbons (Fsp3) is 0.273. The maximum Gasteiger partial charge on any atom is 0.339 e. The van der Waals surface area contributed by atoms with E-state index >= 15 is 0 Å². The van der Waals surface area contributed by atoms with Crippen LogP contribution in [0.5, 0.6) is 0 Å². The van der Waals surface area contributed by atoms with Gasteiger partial charge in [-0.3, -0.25) is 14.6 Å². The maximum absolute atomic E-state index is 13.1. The van der Waals surface area contributed by atoms with E-state index in [-0.39, 0.29) is 18.7 Å². The summed E-state index contributed by atoms with van der Waals surface area (Å²) >= 11 is 0. The summed E-state index contributed by atoms with van der Waals surface area (Å²) < 4.78 is 10.2. The van der Waals surface area contributed by atoms with Crippen molar-refractivity contribution in [2.75, 3.05) is 30.5 Å². The molecule has 2 heterocycles. The zero-order valence-electron chi connectivity index (χ0n) is 17.3. The first kappa shape index (κ1) is 21.5. The van der Waals surface area contributed by atoms with E-state index in [1.807, 2.05) is 0 Å². The van der Waals surface area contributed by atoms with E-state index in [9.17, 15) is 19.5 Å². The van der Waals surface area contributed by atoms with Crippen molar-refractivity contribution in [3.05, 3.63) is 59.2 Å². The number of fused-ring (bicyclic) bond motifs is 1. The van der Waals surface area contributed by atoms with Crippen LogP contribution in [0.4, 0.5) is 11.4 Å². The third-order valence-corrected chi connectivity index (χ3v) is 5.35. The van der Waals surface area contributed by atoms with Crippen molar-refractivity contribution in [1.82, 2.24) is 0 Å². The Kier molecular flexibility index (Phi) is 5.89. The molecular formula is C22H22N4O6. The van der Waals surface area contributed by atoms with Gasteiger partial charge in [0.05, 0.1) is 31.5 Å². The minimum atomic E-state index is -1.76. The molecule has 10 nitrogen and oxygen atoms in total. The quantitative estimate of drug-likeness (QED) is 0.574. The molecule has 2 aromatic rings. The number of rotatable bonds is 5. The van der Waals surface area contributed by atoms with Crippen molar-refractivity contribution < 1.29 is 29.0 Å². The minimum absolute atomic E-state index is 0.0751. The molecule has 0 radical (unpaired) electrons. The van der Waals surface area contributed by atoms with E-state index in [0.29, 0.717) is 23.8 Å². The molecule has 2 amide bonds. The molecule has 0 aromatic heterocycles. The van der Waals surface area contributed by atoms with Crippen molar-refractivity contribution in [2.45, 2.75) is 18.8 Å². The van der Waals surface area contributed by atoms with Crippen molar-refractivity contribution >= 4 is 35.0 Å². The molecule has 1 saturated heterocycles. The second kappa shape index (κ2) is 8.77. The Bertz CT molecular complexity index is 1120. The van der Waals surface area contributed by atoms with Crippen molar-refractivity contribution in [3.8, 4) is 0 Å². The normalized spacial score (nSPS) is 18.6. The zero-order valence-corrected chi connectivity index (χ0v) is 17.3. The number of hydrogen-bond acceptors (Lipinski definition) is 8. The monoisotopic (exact) mass is 438 g/mol. The first-order valence-corrected chi connectivity index (χ1v) is 9.93. The number of ether oxygens (including phenoxy) is 2. The number of esters is 1. The molecule has 32 heavy (non-hydrogen) atoms. The summed E-state index contributed by atoms with van der Waals surface area (Å²) in [6, 6.07) is 11.5. The van der Waals surface area contributed by atoms with Crippen LogP contribution in [0, 0.1) is 0 Å². The number of methoxy groups -OCH3 is 1. The lowest BCUT2D eigenvalue weighted by molar-refractivity contribution is -0.150. The Morgan fingerprint density at radius 2 is 2.09 bits per heavy atom. The molecule has 2 aliphatic rings. The van der Waals surface area contributed by atoms with E-state index in [2.05, 4.69) is 10.3 Å². The predicted octanol–water partition coefficient (Wildman–Crippen LogP) is 0.423. The predicted molar refractivity (Wildman–Crippen MR) is 115 cm³/mol. The molecule has 2 atom stereocenters. The number of aliphatic imine (C=N–C) groups is 1. The average Bonchev–Trinajstić information content (AvgIpc) is 3.18. The van der Waals surface area contributed by atoms with Gasteiger partial charge >= 0.3 is 5.97 Å². The highest BCUT2D eigenvalue weighted by atomic mass is 16.5. The number of morpholine rings is 1. The number of anilines is 2. The number of para-hydroxylation sites is 1. The van der Waals surface area contributed by atoms with Gasteiger partial charge in [0, 0.05) is 17.8 Å². The van der Waals surface area contributed by atoms with E-state index in [1.54, 1.807) is 36.4 Å². The smallest absolute Gasteiger partial charge is 0.339 e. The second-order valence-electron chi connectivity index (χ2n) is 7.30. The van der Waals surface area contributed by atoms with Crippen LogP contribution in [0.15, 0.2) is 47.5 Å². The summed E-state index contributed by atoms with van der Waals surface area (Å²) in [5.41, 5.74) is 8.40. The zero-order chi connectivity index (χ0) is 22.8. The standard InChI is InChI=1S/C22H22N4O6/c1-31-22(30)15-4-2-3-5-16(15)26-8-9-32-18(21(26)29)17(27)20(28)25-13-6-7-14-12(10-13)11-24-19(14)23/h2-7,10,17-18,27H,8-9,11H2,1H3,(H2,23,24)(H,25,28)/t17-,18-/m1/s1. The van der Waals surface area contributed by atoms with Crippen LogP contribution < -0.4 is 16.0 Å². The molecule has 0 aliphatic carbocycles. The molecule has 4 rings (SSSR count). The van der Waals surface area contributed by atoms with Gasteiger partial charge in [-0.05, 0) is 35.9 Å². The van der Waals surface area contributed by atoms with Crippen LogP contribution in [0.1, 0.15) is 21.5 Å². The first-order chi connectivity index (χ1) is 15.4. The Morgan fingerprint density at radius 3 is 2.88 bits per heavy atom. The third kappa shape index (κ3) is 3.93. The SMILES string of the molecule is COC(=O)c1ccccc1N1CCO[C@H]([C@@H](O)C(=O)Nc2ccc3c(c2)CN=C3N)C1=O. The summed E-state index contributed by atoms with van der Waals surface area (Å²) in [5, 5.41) is 13.2. The van der Waals surface area contributed by atoms with Gasteiger partial charge in [0.2, 0.25) is 0 Å². The highest BCUT2D eigenvalue weighted by Gasteiger charge is 2.40. The molecular weight excluding hydrogens is 416 g/mol. The van der Waals surface area contributed by atoms with Gasteiger partial charge in [-0.2, -0.15) is 0 Å². The summed E-state index contributed by atoms with van der Waals surface area (Å²) in [5.74, 6) is -1.59. The molecule has 1 fully saturated rings. The Balaban J connectivity index is 1.50. The van der Waals surface area contributed by atoms with E-state index in [1.165, 1.54) is 18.1 Å². The molecule has 2 aliphatic heterocycles. The lowest BCUT2D eigenvalue weighted by atomic mass is 10.1. The van der Waals surface area contributed by atoms with Crippen molar-refractivity contribution in [2.24, 2.45) is 10.7 Å². The third-order valence-electron chi connectivity index (χ3n) is 5.35. The van der Waals surface area contributed by atoms with Gasteiger partial charge in [-0.1, -0.05) is 12.1 Å². The summed E-state index contributed by atoms with van der Waals surface area (Å²) in [7, 11) is 1.25. The number of benzene rings is 2. The first-order valence-electron chi connectivity index (χ1n) is 9.93. The van der Waals surface area contributed by atoms with Crippen LogP contribution in [-0.4, -0.2) is 61.2 Å². The van der Waals surface area contributed by atoms with Crippen LogP contribution in [-0.2, 0) is 25.6 Å². The van der Waals surface area contributed by atoms with Crippen molar-refractivity contribution in [3.63, 3.8) is 0 Å². The Morgan fingerprint density at radius 1 is 1.31 bits per heavy atom. The van der Waals surface area contributed by atoms with Crippen LogP contribution in [0.25, 0.3) is 0 Å². The van der Waals surface area contributed by atoms with Crippen LogP contribution in [0.2, 0.25) is 0 Å². The van der Waals surface area contributed by atoms with Gasteiger partial charge in [0.1, 0.15) is 5.84 Å². The maximum atomic E-state index is 13.1. The number of hydrogen-bond donors (Lipinski definition) is 3. The molecule has 0 bridgehead atoms. The molecule has 2 aromatic carbocycles. The van der Waals surface area contributed by atoms with E-state index < -0.39 is 30.0 Å². The number of amidine groups is 1. The number of carbonyl (C=O) groups is 3. The molecule has 10 heteroatoms. The lowest BCUT2D eigenvalue weighted by Gasteiger charge is -2.34. The Hall–Kier alpha value is -3.76. The van der Waals surface area contributed by atoms with Gasteiger partial charge in [-0.25, -0.2) is 4.79 Å². The Labute approximate surface area is 183 Å². The summed E-state index contributed by atoms with van der Waals surface area (Å²) in [6.07, 6.45) is -3.19. The van der Waals surface area contributed by atoms with Crippen LogP contribution >= 0.6 is 0 Å². The highest BCUT2D eigenvalue weighted by Crippen LogP contribution is 2.26. The molecule has 0 unspecified atom stereocenters. The number of nitrogens with two attached hydrogens (primary N) is 1. The molecule has 0 saturated carbocycles. The largest absolute Gasteiger partial charge is 0.465 e. The number of aliphatic hydroxyl groups is 1. The number of aliphatic hydroxyl groups excluding tert-OH is 1. The average molecular weight is 438 g/mol. The van der Waals surface area contributed by atoms with Crippen LogP contribution in [0.3, 0.4) is 0 Å². The topological polar surface area (TPSA) is 144 Å². The second-order valence-corrected chi connectivity index (χ2v) is 7.30. The fourth-order valence-corrected chi connectivity index (χ4v) is 3.72. The summed E-state index contributed by atoms with van der Waals surface area (Å²) in [6.45, 7) is 0.641. The van der Waals surface area contributed by atoms with E-state index in [4.69, 9.17) is 15.2 Å². The molecule has 166 valence electrons. The molecule has 4 N–H and O–H groups in total. The number of nitrogens with zero attached hydrogens (tertiary/aromatic N) is 2. The summed E-state index contributed by atoms with van der Waals surface area (Å²) in [4.78, 5) is 43.2. The number of carbonyl (C=O) groups excluding carboxylic acids is 3. The molecule has 0 spiro atoms. The minimum Gasteiger partial charge on any atom is -0.465 e. The number of amides is 2. The van der Waals surface area contributed by atoms with Gasteiger partial charge in [0.15, 0.2) is 12.2 Å². The van der Waals surface area contributed by atoms with Gasteiger partial charge in [0.25, 0.3) is 11.8 Å². The lowest BCUT2D eigenvalue weighted by Crippen LogP contribution is -2.55. The van der Waals surface area contributed by atoms with E-state index in [0.717, 1.165) is 11.1 Å². The highest BCUT2D eigenvalue weighted by molar-refractivity contribution is 6.07. The van der Waals surface area contributed by atoms with Gasteiger partial charge in [-0.15, -0.1) is 0 Å². The van der Waals surface area contributed by atoms with Crippen molar-refractivity contribution in [1.29, 1.82) is 0 Å².